The second kappa shape index (κ2) is 5.99. The maximum absolute atomic E-state index is 5.39. The standard InChI is InChI=1S/C16H22N2O2/c1-6-7-17-16-10(2)11(3)18-13-9-15(20-5)14(19-4)8-12(13)16/h8-9H,6-7H2,1-5H3,(H,17,18). The van der Waals surface area contributed by atoms with Crippen LogP contribution in [-0.2, 0) is 0 Å². The number of aromatic nitrogens is 1. The zero-order valence-electron chi connectivity index (χ0n) is 12.8. The van der Waals surface area contributed by atoms with E-state index in [1.54, 1.807) is 14.2 Å². The molecule has 0 aliphatic heterocycles. The van der Waals surface area contributed by atoms with Gasteiger partial charge >= 0.3 is 0 Å². The molecule has 0 aliphatic rings. The van der Waals surface area contributed by atoms with Gasteiger partial charge in [0, 0.05) is 29.4 Å². The first-order valence-corrected chi connectivity index (χ1v) is 6.89. The number of rotatable bonds is 5. The number of nitrogens with one attached hydrogen (secondary N) is 1. The Bertz CT molecular complexity index is 624. The summed E-state index contributed by atoms with van der Waals surface area (Å²) in [6, 6.07) is 3.92. The van der Waals surface area contributed by atoms with Gasteiger partial charge < -0.3 is 14.8 Å². The smallest absolute Gasteiger partial charge is 0.162 e. The molecule has 1 aromatic heterocycles. The van der Waals surface area contributed by atoms with Crippen molar-refractivity contribution < 1.29 is 9.47 Å². The molecule has 4 nitrogen and oxygen atoms in total. The van der Waals surface area contributed by atoms with Gasteiger partial charge in [-0.05, 0) is 31.9 Å². The minimum absolute atomic E-state index is 0.706. The van der Waals surface area contributed by atoms with Gasteiger partial charge in [-0.25, -0.2) is 0 Å². The van der Waals surface area contributed by atoms with Gasteiger partial charge in [-0.2, -0.15) is 0 Å². The van der Waals surface area contributed by atoms with Crippen molar-refractivity contribution in [3.8, 4) is 11.5 Å². The number of anilines is 1. The number of methoxy groups -OCH3 is 2. The number of pyridine rings is 1. The highest BCUT2D eigenvalue weighted by atomic mass is 16.5. The molecular formula is C16H22N2O2. The summed E-state index contributed by atoms with van der Waals surface area (Å²) in [5.41, 5.74) is 4.26. The molecule has 0 aliphatic carbocycles. The molecule has 20 heavy (non-hydrogen) atoms. The molecule has 2 aromatic rings. The highest BCUT2D eigenvalue weighted by Gasteiger charge is 2.13. The van der Waals surface area contributed by atoms with Gasteiger partial charge in [-0.3, -0.25) is 4.98 Å². The lowest BCUT2D eigenvalue weighted by Gasteiger charge is -2.16. The Hall–Kier alpha value is -1.97. The van der Waals surface area contributed by atoms with Gasteiger partial charge in [0.15, 0.2) is 11.5 Å². The Morgan fingerprint density at radius 2 is 1.75 bits per heavy atom. The van der Waals surface area contributed by atoms with Crippen molar-refractivity contribution in [2.45, 2.75) is 27.2 Å². The van der Waals surface area contributed by atoms with Crippen molar-refractivity contribution in [3.05, 3.63) is 23.4 Å². The van der Waals surface area contributed by atoms with E-state index in [0.29, 0.717) is 5.75 Å². The van der Waals surface area contributed by atoms with E-state index < -0.39 is 0 Å². The maximum Gasteiger partial charge on any atom is 0.162 e. The molecule has 0 saturated heterocycles. The van der Waals surface area contributed by atoms with Crippen LogP contribution in [-0.4, -0.2) is 25.7 Å². The summed E-state index contributed by atoms with van der Waals surface area (Å²) in [5, 5.41) is 4.57. The second-order valence-corrected chi connectivity index (χ2v) is 4.85. The van der Waals surface area contributed by atoms with Gasteiger partial charge in [-0.1, -0.05) is 6.92 Å². The fourth-order valence-corrected chi connectivity index (χ4v) is 2.29. The Morgan fingerprint density at radius 3 is 2.35 bits per heavy atom. The normalized spacial score (nSPS) is 10.7. The zero-order valence-corrected chi connectivity index (χ0v) is 12.8. The maximum atomic E-state index is 5.39. The predicted octanol–water partition coefficient (Wildman–Crippen LogP) is 3.69. The third-order valence-corrected chi connectivity index (χ3v) is 3.53. The average Bonchev–Trinajstić information content (AvgIpc) is 2.46. The fraction of sp³-hybridized carbons (Fsp3) is 0.438. The molecule has 1 aromatic carbocycles. The van der Waals surface area contributed by atoms with Crippen LogP contribution in [0.3, 0.4) is 0 Å². The van der Waals surface area contributed by atoms with E-state index in [1.165, 1.54) is 5.56 Å². The molecule has 2 rings (SSSR count). The predicted molar refractivity (Wildman–Crippen MR) is 83.1 cm³/mol. The molecule has 0 amide bonds. The van der Waals surface area contributed by atoms with Crippen LogP contribution < -0.4 is 14.8 Å². The second-order valence-electron chi connectivity index (χ2n) is 4.85. The first-order valence-electron chi connectivity index (χ1n) is 6.89. The monoisotopic (exact) mass is 274 g/mol. The van der Waals surface area contributed by atoms with E-state index in [0.717, 1.165) is 41.0 Å². The fourth-order valence-electron chi connectivity index (χ4n) is 2.29. The van der Waals surface area contributed by atoms with E-state index in [2.05, 4.69) is 24.1 Å². The summed E-state index contributed by atoms with van der Waals surface area (Å²) in [6.45, 7) is 7.22. The summed E-state index contributed by atoms with van der Waals surface area (Å²) in [6.07, 6.45) is 1.08. The summed E-state index contributed by atoms with van der Waals surface area (Å²) >= 11 is 0. The number of ether oxygens (including phenoxy) is 2. The number of hydrogen-bond donors (Lipinski definition) is 1. The van der Waals surface area contributed by atoms with Crippen molar-refractivity contribution in [3.63, 3.8) is 0 Å². The number of hydrogen-bond acceptors (Lipinski definition) is 4. The summed E-state index contributed by atoms with van der Waals surface area (Å²) in [7, 11) is 3.29. The molecule has 108 valence electrons. The molecule has 4 heteroatoms. The Morgan fingerprint density at radius 1 is 1.10 bits per heavy atom. The summed E-state index contributed by atoms with van der Waals surface area (Å²) in [4.78, 5) is 4.65. The molecular weight excluding hydrogens is 252 g/mol. The first-order chi connectivity index (χ1) is 9.62. The van der Waals surface area contributed by atoms with E-state index in [-0.39, 0.29) is 0 Å². The van der Waals surface area contributed by atoms with Crippen molar-refractivity contribution in [1.82, 2.24) is 4.98 Å². The van der Waals surface area contributed by atoms with Crippen molar-refractivity contribution >= 4 is 16.6 Å². The van der Waals surface area contributed by atoms with Crippen LogP contribution in [0.5, 0.6) is 11.5 Å². The van der Waals surface area contributed by atoms with Crippen LogP contribution >= 0.6 is 0 Å². The first kappa shape index (κ1) is 14.4. The van der Waals surface area contributed by atoms with Crippen LogP contribution in [0, 0.1) is 13.8 Å². The minimum Gasteiger partial charge on any atom is -0.493 e. The van der Waals surface area contributed by atoms with Gasteiger partial charge in [0.1, 0.15) is 0 Å². The molecule has 0 unspecified atom stereocenters. The average molecular weight is 274 g/mol. The van der Waals surface area contributed by atoms with E-state index in [4.69, 9.17) is 9.47 Å². The van der Waals surface area contributed by atoms with Crippen LogP contribution in [0.15, 0.2) is 12.1 Å². The minimum atomic E-state index is 0.706. The van der Waals surface area contributed by atoms with E-state index in [9.17, 15) is 0 Å². The number of fused-ring (bicyclic) bond motifs is 1. The largest absolute Gasteiger partial charge is 0.493 e. The topological polar surface area (TPSA) is 43.4 Å². The molecule has 0 saturated carbocycles. The van der Waals surface area contributed by atoms with Crippen LogP contribution in [0.2, 0.25) is 0 Å². The van der Waals surface area contributed by atoms with E-state index >= 15 is 0 Å². The molecule has 0 bridgehead atoms. The highest BCUT2D eigenvalue weighted by Crippen LogP contribution is 2.36. The quantitative estimate of drug-likeness (QED) is 0.903. The zero-order chi connectivity index (χ0) is 14.7. The lowest BCUT2D eigenvalue weighted by atomic mass is 10.1. The third kappa shape index (κ3) is 2.50. The SMILES string of the molecule is CCCNc1c(C)c(C)nc2cc(OC)c(OC)cc12. The lowest BCUT2D eigenvalue weighted by molar-refractivity contribution is 0.356. The van der Waals surface area contributed by atoms with E-state index in [1.807, 2.05) is 19.1 Å². The van der Waals surface area contributed by atoms with Gasteiger partial charge in [0.25, 0.3) is 0 Å². The van der Waals surface area contributed by atoms with Crippen LogP contribution in [0.25, 0.3) is 10.9 Å². The molecule has 0 fully saturated rings. The molecule has 1 N–H and O–H groups in total. The van der Waals surface area contributed by atoms with Gasteiger partial charge in [0.2, 0.25) is 0 Å². The van der Waals surface area contributed by atoms with Gasteiger partial charge in [-0.15, -0.1) is 0 Å². The molecule has 1 heterocycles. The number of nitrogens with zero attached hydrogens (tertiary/aromatic N) is 1. The van der Waals surface area contributed by atoms with Crippen LogP contribution in [0.1, 0.15) is 24.6 Å². The highest BCUT2D eigenvalue weighted by molar-refractivity contribution is 5.95. The van der Waals surface area contributed by atoms with Crippen LogP contribution in [0.4, 0.5) is 5.69 Å². The summed E-state index contributed by atoms with van der Waals surface area (Å²) < 4.78 is 10.7. The molecule has 0 spiro atoms. The lowest BCUT2D eigenvalue weighted by Crippen LogP contribution is -2.05. The number of aryl methyl sites for hydroxylation is 1. The molecule has 0 atom stereocenters. The molecule has 0 radical (unpaired) electrons. The Balaban J connectivity index is 2.70. The van der Waals surface area contributed by atoms with Crippen molar-refractivity contribution in [1.29, 1.82) is 0 Å². The van der Waals surface area contributed by atoms with Gasteiger partial charge in [0.05, 0.1) is 19.7 Å². The van der Waals surface area contributed by atoms with Crippen molar-refractivity contribution in [2.75, 3.05) is 26.1 Å². The Kier molecular flexibility index (Phi) is 4.32. The summed E-state index contributed by atoms with van der Waals surface area (Å²) in [5.74, 6) is 1.43. The van der Waals surface area contributed by atoms with Crippen molar-refractivity contribution in [2.24, 2.45) is 0 Å². The Labute approximate surface area is 120 Å². The third-order valence-electron chi connectivity index (χ3n) is 3.53. The number of benzene rings is 1.